The number of hydrogen-bond donors (Lipinski definition) is 1. The van der Waals surface area contributed by atoms with E-state index in [4.69, 9.17) is 5.11 Å². The second-order valence-corrected chi connectivity index (χ2v) is 5.78. The molecule has 0 aliphatic carbocycles. The molecule has 0 bridgehead atoms. The van der Waals surface area contributed by atoms with E-state index in [-0.39, 0.29) is 64.6 Å². The van der Waals surface area contributed by atoms with Gasteiger partial charge in [-0.05, 0) is 13.3 Å². The van der Waals surface area contributed by atoms with Gasteiger partial charge in [-0.3, -0.25) is 4.18 Å². The Morgan fingerprint density at radius 2 is 1.19 bits per heavy atom. The molecule has 0 spiro atoms. The van der Waals surface area contributed by atoms with Gasteiger partial charge in [0.1, 0.15) is 0 Å². The third kappa shape index (κ3) is 34.0. The molecule has 0 aromatic heterocycles. The molecule has 0 saturated heterocycles. The molecule has 0 radical (unpaired) electrons. The third-order valence-corrected chi connectivity index (χ3v) is 3.18. The number of aliphatic hydroxyl groups excluding tert-OH is 1. The number of aliphatic hydroxyl groups is 1. The average molecular weight is 351 g/mol. The second kappa shape index (κ2) is 21.5. The first-order chi connectivity index (χ1) is 9.47. The van der Waals surface area contributed by atoms with Gasteiger partial charge in [-0.2, -0.15) is 0 Å². The van der Waals surface area contributed by atoms with E-state index < -0.39 is 10.4 Å². The van der Waals surface area contributed by atoms with Gasteiger partial charge in [-0.15, -0.1) is 0 Å². The van der Waals surface area contributed by atoms with Gasteiger partial charge in [0.25, 0.3) is 0 Å². The maximum absolute atomic E-state index is 10.1. The molecule has 0 aliphatic rings. The van der Waals surface area contributed by atoms with Crippen LogP contribution in [0.1, 0.15) is 78.1 Å². The van der Waals surface area contributed by atoms with Crippen molar-refractivity contribution in [1.82, 2.24) is 0 Å². The summed E-state index contributed by atoms with van der Waals surface area (Å²) in [6.07, 6.45) is 11.7. The molecule has 0 aliphatic heterocycles. The molecule has 21 heavy (non-hydrogen) atoms. The van der Waals surface area contributed by atoms with Gasteiger partial charge >= 0.3 is 51.4 Å². The van der Waals surface area contributed by atoms with Crippen LogP contribution in [0.4, 0.5) is 0 Å². The van der Waals surface area contributed by atoms with Crippen molar-refractivity contribution in [1.29, 1.82) is 0 Å². The van der Waals surface area contributed by atoms with Gasteiger partial charge in [0, 0.05) is 6.61 Å². The summed E-state index contributed by atoms with van der Waals surface area (Å²) < 4.78 is 34.5. The standard InChI is InChI=1S/C12H26O4S.C2H6O.K/c1-2-3-4-5-6-7-8-9-10-11-12-16-17(13,14)15;1-2-3;/h2-12H2,1H3,(H,13,14,15);3H,2H2,1H3;/q;;+1/p-1. The molecule has 0 heterocycles. The zero-order valence-electron chi connectivity index (χ0n) is 14.0. The number of hydrogen-bond acceptors (Lipinski definition) is 5. The Bertz CT molecular complexity index is 271. The van der Waals surface area contributed by atoms with Crippen LogP contribution in [0.15, 0.2) is 0 Å². The van der Waals surface area contributed by atoms with Crippen LogP contribution < -0.4 is 51.4 Å². The van der Waals surface area contributed by atoms with Crippen molar-refractivity contribution in [2.24, 2.45) is 0 Å². The van der Waals surface area contributed by atoms with Gasteiger partial charge in [-0.25, -0.2) is 8.42 Å². The van der Waals surface area contributed by atoms with Gasteiger partial charge < -0.3 is 9.66 Å². The fraction of sp³-hybridized carbons (Fsp3) is 1.00. The number of rotatable bonds is 12. The molecule has 0 aromatic carbocycles. The second-order valence-electron chi connectivity index (χ2n) is 4.73. The zero-order chi connectivity index (χ0) is 15.7. The largest absolute Gasteiger partial charge is 1.00 e. The fourth-order valence-corrected chi connectivity index (χ4v) is 2.07. The summed E-state index contributed by atoms with van der Waals surface area (Å²) >= 11 is 0. The van der Waals surface area contributed by atoms with E-state index in [0.29, 0.717) is 6.42 Å². The first kappa shape index (κ1) is 27.3. The Morgan fingerprint density at radius 1 is 0.857 bits per heavy atom. The summed E-state index contributed by atoms with van der Waals surface area (Å²) in [6, 6.07) is 0. The molecule has 7 heteroatoms. The molecular weight excluding hydrogens is 319 g/mol. The van der Waals surface area contributed by atoms with Crippen molar-refractivity contribution in [3.05, 3.63) is 0 Å². The predicted molar refractivity (Wildman–Crippen MR) is 80.3 cm³/mol. The van der Waals surface area contributed by atoms with Crippen molar-refractivity contribution in [2.75, 3.05) is 13.2 Å². The van der Waals surface area contributed by atoms with Crippen molar-refractivity contribution in [3.63, 3.8) is 0 Å². The minimum Gasteiger partial charge on any atom is -0.726 e. The van der Waals surface area contributed by atoms with Crippen LogP contribution in [-0.4, -0.2) is 31.3 Å². The van der Waals surface area contributed by atoms with Crippen molar-refractivity contribution in [3.8, 4) is 0 Å². The zero-order valence-corrected chi connectivity index (χ0v) is 17.9. The van der Waals surface area contributed by atoms with Crippen LogP contribution in [0.3, 0.4) is 0 Å². The van der Waals surface area contributed by atoms with Crippen LogP contribution >= 0.6 is 0 Å². The van der Waals surface area contributed by atoms with Crippen LogP contribution in [0, 0.1) is 0 Å². The van der Waals surface area contributed by atoms with E-state index in [1.54, 1.807) is 6.92 Å². The van der Waals surface area contributed by atoms with E-state index in [0.717, 1.165) is 12.8 Å². The third-order valence-electron chi connectivity index (χ3n) is 2.73. The minimum absolute atomic E-state index is 0. The Kier molecular flexibility index (Phi) is 27.9. The summed E-state index contributed by atoms with van der Waals surface area (Å²) in [6.45, 7) is 4.17. The van der Waals surface area contributed by atoms with E-state index in [2.05, 4.69) is 11.1 Å². The van der Waals surface area contributed by atoms with Gasteiger partial charge in [-0.1, -0.05) is 64.7 Å². The summed E-state index contributed by atoms with van der Waals surface area (Å²) in [4.78, 5) is 0. The molecule has 1 N–H and O–H groups in total. The van der Waals surface area contributed by atoms with E-state index in [9.17, 15) is 13.0 Å². The first-order valence-corrected chi connectivity index (χ1v) is 9.02. The molecule has 0 unspecified atom stereocenters. The van der Waals surface area contributed by atoms with Crippen LogP contribution in [-0.2, 0) is 14.6 Å². The molecule has 0 aromatic rings. The summed E-state index contributed by atoms with van der Waals surface area (Å²) in [5.41, 5.74) is 0. The van der Waals surface area contributed by atoms with E-state index in [1.165, 1.54) is 44.9 Å². The van der Waals surface area contributed by atoms with Crippen molar-refractivity contribution < 1.29 is 73.6 Å². The van der Waals surface area contributed by atoms with Crippen LogP contribution in [0.2, 0.25) is 0 Å². The Balaban J connectivity index is -0.000000740. The smallest absolute Gasteiger partial charge is 0.726 e. The average Bonchev–Trinajstić information content (AvgIpc) is 2.35. The molecule has 0 rings (SSSR count). The number of unbranched alkanes of at least 4 members (excludes halogenated alkanes) is 9. The monoisotopic (exact) mass is 350 g/mol. The minimum atomic E-state index is -4.48. The molecule has 0 fully saturated rings. The van der Waals surface area contributed by atoms with Gasteiger partial charge in [0.2, 0.25) is 10.4 Å². The van der Waals surface area contributed by atoms with Gasteiger partial charge in [0.05, 0.1) is 6.61 Å². The van der Waals surface area contributed by atoms with Crippen molar-refractivity contribution >= 4 is 10.4 Å². The quantitative estimate of drug-likeness (QED) is 0.238. The summed E-state index contributed by atoms with van der Waals surface area (Å²) in [7, 11) is -4.48. The van der Waals surface area contributed by atoms with Crippen molar-refractivity contribution in [2.45, 2.75) is 78.1 Å². The first-order valence-electron chi connectivity index (χ1n) is 7.69. The van der Waals surface area contributed by atoms with Crippen LogP contribution in [0.5, 0.6) is 0 Å². The Labute approximate surface area is 173 Å². The maximum atomic E-state index is 10.1. The molecule has 0 atom stereocenters. The summed E-state index contributed by atoms with van der Waals surface area (Å²) in [5.74, 6) is 0. The summed E-state index contributed by atoms with van der Waals surface area (Å²) in [5, 5.41) is 7.57. The normalized spacial score (nSPS) is 10.5. The molecule has 124 valence electrons. The maximum Gasteiger partial charge on any atom is 1.00 e. The topological polar surface area (TPSA) is 86.7 Å². The molecule has 0 amide bonds. The van der Waals surface area contributed by atoms with E-state index in [1.807, 2.05) is 0 Å². The molecule has 5 nitrogen and oxygen atoms in total. The van der Waals surface area contributed by atoms with Crippen LogP contribution in [0.25, 0.3) is 0 Å². The molecule has 0 saturated carbocycles. The fourth-order valence-electron chi connectivity index (χ4n) is 1.75. The van der Waals surface area contributed by atoms with E-state index >= 15 is 0 Å². The predicted octanol–water partition coefficient (Wildman–Crippen LogP) is 0.387. The Morgan fingerprint density at radius 3 is 1.52 bits per heavy atom. The van der Waals surface area contributed by atoms with Gasteiger partial charge in [0.15, 0.2) is 0 Å². The SMILES string of the molecule is CCCCCCCCCCCCOS(=O)(=O)[O-].CCO.[K+]. The molecular formula is C14H31KO5S. The Hall–Kier alpha value is 1.47.